The summed E-state index contributed by atoms with van der Waals surface area (Å²) in [5, 5.41) is 14.7. The molecule has 0 spiro atoms. The summed E-state index contributed by atoms with van der Waals surface area (Å²) in [4.78, 5) is 22.3. The number of benzene rings is 3. The molecule has 0 unspecified atom stereocenters. The predicted molar refractivity (Wildman–Crippen MR) is 129 cm³/mol. The molecule has 0 fully saturated rings. The highest BCUT2D eigenvalue weighted by Crippen LogP contribution is 2.37. The molecule has 3 rings (SSSR count). The molecular formula is C24H22BrN3O5. The van der Waals surface area contributed by atoms with Crippen molar-refractivity contribution in [1.82, 2.24) is 5.43 Å². The van der Waals surface area contributed by atoms with Crippen LogP contribution in [0.4, 0.5) is 5.69 Å². The van der Waals surface area contributed by atoms with Gasteiger partial charge in [-0.1, -0.05) is 42.5 Å². The molecule has 170 valence electrons. The van der Waals surface area contributed by atoms with Gasteiger partial charge in [0.05, 0.1) is 28.6 Å². The second kappa shape index (κ2) is 11.8. The summed E-state index contributed by atoms with van der Waals surface area (Å²) in [7, 11) is 0. The van der Waals surface area contributed by atoms with Gasteiger partial charge in [-0.25, -0.2) is 5.43 Å². The van der Waals surface area contributed by atoms with Crippen molar-refractivity contribution in [1.29, 1.82) is 0 Å². The number of carbonyl (C=O) groups is 1. The van der Waals surface area contributed by atoms with Crippen LogP contribution in [0.5, 0.6) is 11.5 Å². The van der Waals surface area contributed by atoms with Crippen LogP contribution in [-0.2, 0) is 17.8 Å². The largest absolute Gasteiger partial charge is 0.490 e. The summed E-state index contributed by atoms with van der Waals surface area (Å²) in [5.74, 6) is 0.800. The first-order chi connectivity index (χ1) is 16.0. The van der Waals surface area contributed by atoms with Crippen molar-refractivity contribution in [2.45, 2.75) is 20.0 Å². The number of hydrogen-bond acceptors (Lipinski definition) is 6. The minimum atomic E-state index is -0.485. The molecule has 1 amide bonds. The molecule has 3 aromatic rings. The molecule has 0 aliphatic rings. The molecule has 0 saturated heterocycles. The lowest BCUT2D eigenvalue weighted by Gasteiger charge is -2.14. The summed E-state index contributed by atoms with van der Waals surface area (Å²) in [6.45, 7) is 2.74. The average Bonchev–Trinajstić information content (AvgIpc) is 2.80. The lowest BCUT2D eigenvalue weighted by molar-refractivity contribution is -0.384. The quantitative estimate of drug-likeness (QED) is 0.233. The number of rotatable bonds is 10. The number of hydrogen-bond donors (Lipinski definition) is 1. The van der Waals surface area contributed by atoms with Gasteiger partial charge in [0.15, 0.2) is 11.5 Å². The molecule has 8 nitrogen and oxygen atoms in total. The van der Waals surface area contributed by atoms with Gasteiger partial charge in [0, 0.05) is 12.1 Å². The summed E-state index contributed by atoms with van der Waals surface area (Å²) in [5.41, 5.74) is 4.82. The summed E-state index contributed by atoms with van der Waals surface area (Å²) >= 11 is 3.52. The van der Waals surface area contributed by atoms with E-state index in [1.165, 1.54) is 18.3 Å². The van der Waals surface area contributed by atoms with Crippen LogP contribution in [0.1, 0.15) is 23.6 Å². The van der Waals surface area contributed by atoms with E-state index in [2.05, 4.69) is 26.5 Å². The number of ether oxygens (including phenoxy) is 2. The number of carbonyl (C=O) groups excluding carboxylic acids is 1. The van der Waals surface area contributed by atoms with Crippen molar-refractivity contribution in [2.24, 2.45) is 5.10 Å². The van der Waals surface area contributed by atoms with Crippen LogP contribution >= 0.6 is 15.9 Å². The van der Waals surface area contributed by atoms with Crippen LogP contribution in [0.15, 0.2) is 76.3 Å². The van der Waals surface area contributed by atoms with Crippen molar-refractivity contribution >= 4 is 33.7 Å². The maximum absolute atomic E-state index is 12.1. The number of hydrazone groups is 1. The van der Waals surface area contributed by atoms with Crippen molar-refractivity contribution in [3.8, 4) is 11.5 Å². The van der Waals surface area contributed by atoms with Gasteiger partial charge in [-0.15, -0.1) is 0 Å². The first-order valence-electron chi connectivity index (χ1n) is 10.1. The maximum Gasteiger partial charge on any atom is 0.269 e. The molecule has 33 heavy (non-hydrogen) atoms. The SMILES string of the molecule is CCOc1cc(C=NNC(=O)Cc2ccc([N+](=O)[O-])cc2)cc(Br)c1OCc1ccccc1. The average molecular weight is 512 g/mol. The van der Waals surface area contributed by atoms with E-state index in [-0.39, 0.29) is 18.0 Å². The molecule has 0 aliphatic carbocycles. The third-order valence-corrected chi connectivity index (χ3v) is 5.06. The van der Waals surface area contributed by atoms with Crippen molar-refractivity contribution in [3.05, 3.63) is 98.0 Å². The molecule has 0 heterocycles. The smallest absolute Gasteiger partial charge is 0.269 e. The van der Waals surface area contributed by atoms with E-state index < -0.39 is 4.92 Å². The Bertz CT molecular complexity index is 1130. The fraction of sp³-hybridized carbons (Fsp3) is 0.167. The van der Waals surface area contributed by atoms with Crippen LogP contribution < -0.4 is 14.9 Å². The Balaban J connectivity index is 1.63. The maximum atomic E-state index is 12.1. The number of amides is 1. The highest BCUT2D eigenvalue weighted by atomic mass is 79.9. The molecule has 0 atom stereocenters. The lowest BCUT2D eigenvalue weighted by Crippen LogP contribution is -2.19. The standard InChI is InChI=1S/C24H22BrN3O5/c1-2-32-22-13-19(12-21(25)24(22)33-16-18-6-4-3-5-7-18)15-26-27-23(29)14-17-8-10-20(11-9-17)28(30)31/h3-13,15H,2,14,16H2,1H3,(H,27,29). The molecular weight excluding hydrogens is 490 g/mol. The minimum absolute atomic E-state index is 0.0240. The van der Waals surface area contributed by atoms with E-state index in [0.29, 0.717) is 40.3 Å². The Hall–Kier alpha value is -3.72. The summed E-state index contributed by atoms with van der Waals surface area (Å²) < 4.78 is 12.4. The van der Waals surface area contributed by atoms with Gasteiger partial charge in [0.25, 0.3) is 5.69 Å². The zero-order valence-electron chi connectivity index (χ0n) is 17.9. The van der Waals surface area contributed by atoms with E-state index in [4.69, 9.17) is 9.47 Å². The predicted octanol–water partition coefficient (Wildman–Crippen LogP) is 5.03. The van der Waals surface area contributed by atoms with E-state index in [1.54, 1.807) is 18.2 Å². The summed E-state index contributed by atoms with van der Waals surface area (Å²) in [6, 6.07) is 19.2. The molecule has 0 aromatic heterocycles. The molecule has 0 radical (unpaired) electrons. The second-order valence-corrected chi connectivity index (χ2v) is 7.79. The number of non-ortho nitro benzene ring substituents is 1. The van der Waals surface area contributed by atoms with Crippen molar-refractivity contribution < 1.29 is 19.2 Å². The number of nitrogens with zero attached hydrogens (tertiary/aromatic N) is 2. The zero-order chi connectivity index (χ0) is 23.6. The van der Waals surface area contributed by atoms with Crippen LogP contribution in [0.3, 0.4) is 0 Å². The normalized spacial score (nSPS) is 10.7. The molecule has 0 bridgehead atoms. The van der Waals surface area contributed by atoms with E-state index in [9.17, 15) is 14.9 Å². The van der Waals surface area contributed by atoms with Crippen LogP contribution in [0, 0.1) is 10.1 Å². The number of nitrogens with one attached hydrogen (secondary N) is 1. The van der Waals surface area contributed by atoms with Gasteiger partial charge in [-0.2, -0.15) is 5.10 Å². The molecule has 0 saturated carbocycles. The molecule has 1 N–H and O–H groups in total. The Morgan fingerprint density at radius 3 is 2.48 bits per heavy atom. The van der Waals surface area contributed by atoms with Crippen molar-refractivity contribution in [3.63, 3.8) is 0 Å². The molecule has 3 aromatic carbocycles. The first-order valence-corrected chi connectivity index (χ1v) is 10.9. The van der Waals surface area contributed by atoms with Crippen LogP contribution in [0.25, 0.3) is 0 Å². The third-order valence-electron chi connectivity index (χ3n) is 4.47. The fourth-order valence-electron chi connectivity index (χ4n) is 2.93. The highest BCUT2D eigenvalue weighted by Gasteiger charge is 2.12. The van der Waals surface area contributed by atoms with Gasteiger partial charge in [-0.05, 0) is 51.7 Å². The highest BCUT2D eigenvalue weighted by molar-refractivity contribution is 9.10. The lowest BCUT2D eigenvalue weighted by atomic mass is 10.1. The summed E-state index contributed by atoms with van der Waals surface area (Å²) in [6.07, 6.45) is 1.55. The van der Waals surface area contributed by atoms with Gasteiger partial charge in [0.1, 0.15) is 6.61 Å². The van der Waals surface area contributed by atoms with Gasteiger partial charge < -0.3 is 9.47 Å². The Kier molecular flexibility index (Phi) is 8.54. The van der Waals surface area contributed by atoms with Gasteiger partial charge >= 0.3 is 0 Å². The van der Waals surface area contributed by atoms with Gasteiger partial charge in [-0.3, -0.25) is 14.9 Å². The second-order valence-electron chi connectivity index (χ2n) is 6.93. The molecule has 9 heteroatoms. The Morgan fingerprint density at radius 1 is 1.09 bits per heavy atom. The Morgan fingerprint density at radius 2 is 1.82 bits per heavy atom. The minimum Gasteiger partial charge on any atom is -0.490 e. The van der Waals surface area contributed by atoms with E-state index >= 15 is 0 Å². The van der Waals surface area contributed by atoms with E-state index in [0.717, 1.165) is 5.56 Å². The van der Waals surface area contributed by atoms with Crippen LogP contribution in [0.2, 0.25) is 0 Å². The zero-order valence-corrected chi connectivity index (χ0v) is 19.4. The van der Waals surface area contributed by atoms with Crippen molar-refractivity contribution in [2.75, 3.05) is 6.61 Å². The third kappa shape index (κ3) is 7.15. The van der Waals surface area contributed by atoms with Gasteiger partial charge in [0.2, 0.25) is 5.91 Å². The fourth-order valence-corrected chi connectivity index (χ4v) is 3.51. The van der Waals surface area contributed by atoms with Crippen LogP contribution in [-0.4, -0.2) is 23.7 Å². The number of nitro groups is 1. The topological polar surface area (TPSA) is 103 Å². The monoisotopic (exact) mass is 511 g/mol. The van der Waals surface area contributed by atoms with E-state index in [1.807, 2.05) is 43.3 Å². The molecule has 0 aliphatic heterocycles. The number of nitro benzene ring substituents is 1. The first kappa shape index (κ1) is 23.9. The Labute approximate surface area is 199 Å². The number of halogens is 1.